The van der Waals surface area contributed by atoms with Gasteiger partial charge >= 0.3 is 0 Å². The molecule has 0 bridgehead atoms. The second kappa shape index (κ2) is 11.2. The largest absolute Gasteiger partial charge is 0.381 e. The first kappa shape index (κ1) is 23.1. The van der Waals surface area contributed by atoms with Crippen molar-refractivity contribution in [2.24, 2.45) is 5.92 Å². The summed E-state index contributed by atoms with van der Waals surface area (Å²) in [5, 5.41) is 5.23. The Bertz CT molecular complexity index is 1190. The average molecular weight is 464 g/mol. The smallest absolute Gasteiger partial charge is 0.259 e. The Labute approximate surface area is 197 Å². The van der Waals surface area contributed by atoms with Gasteiger partial charge in [0.2, 0.25) is 0 Å². The van der Waals surface area contributed by atoms with Gasteiger partial charge in [0.15, 0.2) is 5.13 Å². The maximum absolute atomic E-state index is 12.8. The van der Waals surface area contributed by atoms with Gasteiger partial charge in [0.05, 0.1) is 11.1 Å². The van der Waals surface area contributed by atoms with Crippen LogP contribution in [0.1, 0.15) is 49.2 Å². The third kappa shape index (κ3) is 5.83. The highest BCUT2D eigenvalue weighted by Gasteiger charge is 2.16. The van der Waals surface area contributed by atoms with Gasteiger partial charge in [0.1, 0.15) is 11.3 Å². The van der Waals surface area contributed by atoms with E-state index in [2.05, 4.69) is 40.2 Å². The van der Waals surface area contributed by atoms with Gasteiger partial charge in [-0.1, -0.05) is 26.3 Å². The van der Waals surface area contributed by atoms with Gasteiger partial charge in [-0.15, -0.1) is 11.3 Å². The third-order valence-corrected chi connectivity index (χ3v) is 6.28. The molecule has 0 saturated heterocycles. The quantitative estimate of drug-likeness (QED) is 0.278. The molecule has 8 heteroatoms. The molecular weight excluding hydrogens is 434 g/mol. The highest BCUT2D eigenvalue weighted by atomic mass is 32.1. The molecule has 1 aromatic carbocycles. The number of carbonyl (C=O) groups excluding carboxylic acids is 1. The summed E-state index contributed by atoms with van der Waals surface area (Å²) in [6.45, 7) is 5.95. The zero-order valence-corrected chi connectivity index (χ0v) is 19.8. The number of pyridine rings is 1. The van der Waals surface area contributed by atoms with Gasteiger partial charge in [0, 0.05) is 42.2 Å². The van der Waals surface area contributed by atoms with E-state index in [1.165, 1.54) is 11.3 Å². The normalized spacial score (nSPS) is 12.2. The van der Waals surface area contributed by atoms with Gasteiger partial charge in [0.25, 0.3) is 5.91 Å². The second-order valence-corrected chi connectivity index (χ2v) is 8.89. The molecule has 1 atom stereocenters. The van der Waals surface area contributed by atoms with Gasteiger partial charge in [-0.2, -0.15) is 0 Å². The van der Waals surface area contributed by atoms with Crippen LogP contribution in [0.15, 0.2) is 48.1 Å². The predicted molar refractivity (Wildman–Crippen MR) is 133 cm³/mol. The molecule has 4 rings (SSSR count). The Morgan fingerprint density at radius 3 is 2.88 bits per heavy atom. The van der Waals surface area contributed by atoms with Crippen LogP contribution in [0.25, 0.3) is 22.4 Å². The molecule has 1 unspecified atom stereocenters. The number of H-pyrrole nitrogens is 1. The summed E-state index contributed by atoms with van der Waals surface area (Å²) in [4.78, 5) is 29.6. The molecule has 2 N–H and O–H groups in total. The number of nitrogens with zero attached hydrogens (tertiary/aromatic N) is 3. The minimum Gasteiger partial charge on any atom is -0.381 e. The van der Waals surface area contributed by atoms with Crippen LogP contribution in [0.4, 0.5) is 5.13 Å². The van der Waals surface area contributed by atoms with Gasteiger partial charge in [-0.25, -0.2) is 9.97 Å². The first-order valence-corrected chi connectivity index (χ1v) is 12.3. The lowest BCUT2D eigenvalue weighted by molar-refractivity contribution is 0.102. The SMILES string of the molecule is CCCOCCC(CC)Cc1cc(-c2nc3c(C(=O)Nc4nccs4)cccc3[nH]2)ccn1. The molecule has 1 amide bonds. The number of hydrogen-bond donors (Lipinski definition) is 2. The lowest BCUT2D eigenvalue weighted by Gasteiger charge is -2.14. The average Bonchev–Trinajstić information content (AvgIpc) is 3.51. The highest BCUT2D eigenvalue weighted by Crippen LogP contribution is 2.25. The molecule has 0 aliphatic rings. The van der Waals surface area contributed by atoms with Crippen LogP contribution in [0, 0.1) is 5.92 Å². The minimum atomic E-state index is -0.222. The van der Waals surface area contributed by atoms with E-state index in [9.17, 15) is 4.79 Å². The zero-order valence-electron chi connectivity index (χ0n) is 19.0. The molecule has 3 aromatic heterocycles. The summed E-state index contributed by atoms with van der Waals surface area (Å²) >= 11 is 1.38. The number of nitrogens with one attached hydrogen (secondary N) is 2. The third-order valence-electron chi connectivity index (χ3n) is 5.59. The summed E-state index contributed by atoms with van der Waals surface area (Å²) in [6, 6.07) is 9.59. The number of aromatic amines is 1. The number of amides is 1. The van der Waals surface area contributed by atoms with Crippen LogP contribution in [-0.4, -0.2) is 39.1 Å². The number of ether oxygens (including phenoxy) is 1. The first-order chi connectivity index (χ1) is 16.2. The van der Waals surface area contributed by atoms with Crippen molar-refractivity contribution in [1.82, 2.24) is 19.9 Å². The molecule has 0 spiro atoms. The standard InChI is InChI=1S/C25H29N5O2S/c1-3-12-32-13-9-17(4-2)15-19-16-18(8-10-26-19)23-28-21-7-5-6-20(22(21)29-23)24(31)30-25-27-11-14-33-25/h5-8,10-11,14,16-17H,3-4,9,12-13,15H2,1-2H3,(H,28,29)(H,27,30,31). The lowest BCUT2D eigenvalue weighted by Crippen LogP contribution is -2.12. The number of benzene rings is 1. The monoisotopic (exact) mass is 463 g/mol. The Morgan fingerprint density at radius 1 is 1.18 bits per heavy atom. The van der Waals surface area contributed by atoms with Crippen LogP contribution in [-0.2, 0) is 11.2 Å². The Morgan fingerprint density at radius 2 is 2.09 bits per heavy atom. The topological polar surface area (TPSA) is 92.8 Å². The van der Waals surface area contributed by atoms with Crippen molar-refractivity contribution < 1.29 is 9.53 Å². The number of carbonyl (C=O) groups is 1. The van der Waals surface area contributed by atoms with Crippen molar-refractivity contribution in [3.8, 4) is 11.4 Å². The van der Waals surface area contributed by atoms with Crippen molar-refractivity contribution >= 4 is 33.4 Å². The lowest BCUT2D eigenvalue weighted by atomic mass is 9.96. The van der Waals surface area contributed by atoms with E-state index >= 15 is 0 Å². The number of anilines is 1. The van der Waals surface area contributed by atoms with Gasteiger partial charge in [-0.3, -0.25) is 15.1 Å². The van der Waals surface area contributed by atoms with E-state index in [1.54, 1.807) is 12.3 Å². The number of rotatable bonds is 11. The number of thiazole rings is 1. The predicted octanol–water partition coefficient (Wildman–Crippen LogP) is 5.72. The summed E-state index contributed by atoms with van der Waals surface area (Å²) in [5.74, 6) is 1.03. The molecule has 0 fully saturated rings. The summed E-state index contributed by atoms with van der Waals surface area (Å²) in [6.07, 6.45) is 7.56. The molecule has 0 aliphatic heterocycles. The van der Waals surface area contributed by atoms with Gasteiger partial charge < -0.3 is 9.72 Å². The van der Waals surface area contributed by atoms with Crippen LogP contribution < -0.4 is 5.32 Å². The van der Waals surface area contributed by atoms with Crippen LogP contribution in [0.3, 0.4) is 0 Å². The molecule has 4 aromatic rings. The number of aromatic nitrogens is 4. The molecule has 172 valence electrons. The second-order valence-electron chi connectivity index (χ2n) is 7.99. The van der Waals surface area contributed by atoms with E-state index in [0.29, 0.717) is 22.1 Å². The summed E-state index contributed by atoms with van der Waals surface area (Å²) < 4.78 is 5.67. The Balaban J connectivity index is 1.52. The molecule has 0 radical (unpaired) electrons. The van der Waals surface area contributed by atoms with Crippen LogP contribution in [0.5, 0.6) is 0 Å². The number of para-hydroxylation sites is 1. The van der Waals surface area contributed by atoms with E-state index in [-0.39, 0.29) is 5.91 Å². The van der Waals surface area contributed by atoms with E-state index in [1.807, 2.05) is 29.8 Å². The van der Waals surface area contributed by atoms with E-state index in [4.69, 9.17) is 9.72 Å². The van der Waals surface area contributed by atoms with Crippen molar-refractivity contribution in [3.63, 3.8) is 0 Å². The van der Waals surface area contributed by atoms with Crippen molar-refractivity contribution in [2.75, 3.05) is 18.5 Å². The van der Waals surface area contributed by atoms with E-state index < -0.39 is 0 Å². The highest BCUT2D eigenvalue weighted by molar-refractivity contribution is 7.13. The molecule has 0 aliphatic carbocycles. The minimum absolute atomic E-state index is 0.222. The van der Waals surface area contributed by atoms with Crippen molar-refractivity contribution in [3.05, 3.63) is 59.4 Å². The van der Waals surface area contributed by atoms with Gasteiger partial charge in [-0.05, 0) is 49.4 Å². The molecule has 33 heavy (non-hydrogen) atoms. The van der Waals surface area contributed by atoms with Crippen molar-refractivity contribution in [1.29, 1.82) is 0 Å². The maximum Gasteiger partial charge on any atom is 0.259 e. The Hall–Kier alpha value is -3.10. The number of hydrogen-bond acceptors (Lipinski definition) is 6. The van der Waals surface area contributed by atoms with Crippen LogP contribution >= 0.6 is 11.3 Å². The zero-order chi connectivity index (χ0) is 23.0. The molecule has 3 heterocycles. The maximum atomic E-state index is 12.8. The molecular formula is C25H29N5O2S. The molecule has 7 nitrogen and oxygen atoms in total. The fourth-order valence-corrected chi connectivity index (χ4v) is 4.31. The van der Waals surface area contributed by atoms with Crippen LogP contribution in [0.2, 0.25) is 0 Å². The van der Waals surface area contributed by atoms with E-state index in [0.717, 1.165) is 61.5 Å². The number of fused-ring (bicyclic) bond motifs is 1. The molecule has 0 saturated carbocycles. The fraction of sp³-hybridized carbons (Fsp3) is 0.360. The summed E-state index contributed by atoms with van der Waals surface area (Å²) in [5.41, 5.74) is 3.96. The fourth-order valence-electron chi connectivity index (χ4n) is 3.78. The first-order valence-electron chi connectivity index (χ1n) is 11.4. The Kier molecular flexibility index (Phi) is 7.80. The number of imidazole rings is 1. The summed E-state index contributed by atoms with van der Waals surface area (Å²) in [7, 11) is 0. The van der Waals surface area contributed by atoms with Crippen molar-refractivity contribution in [2.45, 2.75) is 39.5 Å².